The van der Waals surface area contributed by atoms with E-state index < -0.39 is 17.6 Å². The van der Waals surface area contributed by atoms with Crippen molar-refractivity contribution in [2.45, 2.75) is 10.1 Å². The highest BCUT2D eigenvalue weighted by Crippen LogP contribution is 2.29. The third-order valence-corrected chi connectivity index (χ3v) is 2.68. The van der Waals surface area contributed by atoms with E-state index in [0.29, 0.717) is 6.07 Å². The van der Waals surface area contributed by atoms with E-state index >= 15 is 0 Å². The largest absolute Gasteiger partial charge is 0.475 e. The van der Waals surface area contributed by atoms with Gasteiger partial charge in [0, 0.05) is 6.07 Å². The molecule has 0 unspecified atom stereocenters. The maximum Gasteiger partial charge on any atom is 0.371 e. The Labute approximate surface area is 98.3 Å². The van der Waals surface area contributed by atoms with Crippen LogP contribution in [-0.2, 0) is 0 Å². The van der Waals surface area contributed by atoms with Crippen LogP contribution in [0.25, 0.3) is 0 Å². The molecule has 17 heavy (non-hydrogen) atoms. The fourth-order valence-corrected chi connectivity index (χ4v) is 1.78. The molecular weight excluding hydrogens is 252 g/mol. The smallest absolute Gasteiger partial charge is 0.371 e. The second-order valence-corrected chi connectivity index (χ2v) is 3.96. The van der Waals surface area contributed by atoms with Crippen molar-refractivity contribution in [1.82, 2.24) is 4.98 Å². The van der Waals surface area contributed by atoms with Gasteiger partial charge >= 0.3 is 5.97 Å². The van der Waals surface area contributed by atoms with Gasteiger partial charge in [-0.1, -0.05) is 0 Å². The molecule has 0 spiro atoms. The van der Waals surface area contributed by atoms with Crippen LogP contribution in [0, 0.1) is 11.6 Å². The number of aromatic nitrogens is 1. The number of halogens is 2. The average Bonchev–Trinajstić information content (AvgIpc) is 2.71. The first-order chi connectivity index (χ1) is 8.06. The van der Waals surface area contributed by atoms with Crippen LogP contribution in [0.5, 0.6) is 0 Å². The number of aromatic carboxylic acids is 1. The molecule has 0 saturated heterocycles. The summed E-state index contributed by atoms with van der Waals surface area (Å²) >= 11 is 0.778. The van der Waals surface area contributed by atoms with E-state index in [0.717, 1.165) is 18.0 Å². The van der Waals surface area contributed by atoms with E-state index in [2.05, 4.69) is 4.98 Å². The zero-order valence-electron chi connectivity index (χ0n) is 8.18. The zero-order valence-corrected chi connectivity index (χ0v) is 9.00. The molecule has 2 aromatic rings. The predicted octanol–water partition coefficient (Wildman–Crippen LogP) is 2.80. The molecular formula is C10H5F2NO3S. The van der Waals surface area contributed by atoms with Crippen molar-refractivity contribution in [2.75, 3.05) is 0 Å². The number of nitrogens with zero attached hydrogens (tertiary/aromatic N) is 1. The molecule has 0 radical (unpaired) electrons. The number of carboxylic acid groups (broad SMARTS) is 1. The quantitative estimate of drug-likeness (QED) is 0.915. The first kappa shape index (κ1) is 11.6. The summed E-state index contributed by atoms with van der Waals surface area (Å²) in [7, 11) is 0. The molecule has 0 amide bonds. The summed E-state index contributed by atoms with van der Waals surface area (Å²) < 4.78 is 30.7. The van der Waals surface area contributed by atoms with Crippen molar-refractivity contribution in [1.29, 1.82) is 0 Å². The molecule has 0 atom stereocenters. The molecule has 88 valence electrons. The van der Waals surface area contributed by atoms with Crippen molar-refractivity contribution < 1.29 is 23.1 Å². The Balaban J connectivity index is 2.22. The van der Waals surface area contributed by atoms with E-state index in [4.69, 9.17) is 9.52 Å². The van der Waals surface area contributed by atoms with Crippen LogP contribution in [0.1, 0.15) is 10.6 Å². The number of hydrogen-bond donors (Lipinski definition) is 1. The molecule has 2 rings (SSSR count). The molecule has 0 aliphatic rings. The first-order valence-electron chi connectivity index (χ1n) is 4.38. The zero-order chi connectivity index (χ0) is 12.4. The summed E-state index contributed by atoms with van der Waals surface area (Å²) in [4.78, 5) is 14.1. The second-order valence-electron chi connectivity index (χ2n) is 2.97. The van der Waals surface area contributed by atoms with Crippen molar-refractivity contribution in [3.8, 4) is 0 Å². The Morgan fingerprint density at radius 3 is 2.76 bits per heavy atom. The van der Waals surface area contributed by atoms with Crippen LogP contribution in [0.3, 0.4) is 0 Å². The van der Waals surface area contributed by atoms with E-state index in [1.807, 2.05) is 0 Å². The molecule has 0 aromatic carbocycles. The number of hydrogen-bond acceptors (Lipinski definition) is 4. The van der Waals surface area contributed by atoms with E-state index in [1.165, 1.54) is 12.1 Å². The van der Waals surface area contributed by atoms with Crippen molar-refractivity contribution >= 4 is 17.7 Å². The molecule has 0 aliphatic heterocycles. The van der Waals surface area contributed by atoms with Crippen LogP contribution in [0.4, 0.5) is 8.78 Å². The normalized spacial score (nSPS) is 10.5. The number of pyridine rings is 1. The van der Waals surface area contributed by atoms with Gasteiger partial charge in [-0.3, -0.25) is 0 Å². The van der Waals surface area contributed by atoms with Crippen molar-refractivity contribution in [3.05, 3.63) is 41.8 Å². The molecule has 0 saturated carbocycles. The SMILES string of the molecule is O=C(O)c1ccc(Sc2ncc(F)cc2F)o1. The Bertz CT molecular complexity index is 570. The van der Waals surface area contributed by atoms with Crippen molar-refractivity contribution in [2.24, 2.45) is 0 Å². The summed E-state index contributed by atoms with van der Waals surface area (Å²) in [6.45, 7) is 0. The van der Waals surface area contributed by atoms with Gasteiger partial charge in [0.15, 0.2) is 10.9 Å². The molecule has 0 bridgehead atoms. The predicted molar refractivity (Wildman–Crippen MR) is 53.9 cm³/mol. The Kier molecular flexibility index (Phi) is 3.10. The highest BCUT2D eigenvalue weighted by Gasteiger charge is 2.13. The number of carbonyl (C=O) groups is 1. The Morgan fingerprint density at radius 1 is 1.41 bits per heavy atom. The van der Waals surface area contributed by atoms with Gasteiger partial charge in [0.2, 0.25) is 5.76 Å². The molecule has 2 heterocycles. The monoisotopic (exact) mass is 257 g/mol. The third kappa shape index (κ3) is 2.62. The molecule has 0 fully saturated rings. The van der Waals surface area contributed by atoms with Gasteiger partial charge in [0.25, 0.3) is 0 Å². The van der Waals surface area contributed by atoms with Gasteiger partial charge in [-0.15, -0.1) is 0 Å². The number of rotatable bonds is 3. The lowest BCUT2D eigenvalue weighted by Gasteiger charge is -1.98. The summed E-state index contributed by atoms with van der Waals surface area (Å²) in [5, 5.41) is 8.69. The standard InChI is InChI=1S/C10H5F2NO3S/c11-5-3-6(12)9(13-4-5)17-8-2-1-7(16-8)10(14)15/h1-4H,(H,14,15). The van der Waals surface area contributed by atoms with Crippen LogP contribution in [0.2, 0.25) is 0 Å². The molecule has 0 aliphatic carbocycles. The maximum absolute atomic E-state index is 13.2. The lowest BCUT2D eigenvalue weighted by Crippen LogP contribution is -1.91. The second kappa shape index (κ2) is 4.54. The summed E-state index contributed by atoms with van der Waals surface area (Å²) in [6.07, 6.45) is 0.868. The van der Waals surface area contributed by atoms with Gasteiger partial charge in [0.05, 0.1) is 6.20 Å². The van der Waals surface area contributed by atoms with Gasteiger partial charge in [-0.25, -0.2) is 18.6 Å². The van der Waals surface area contributed by atoms with Crippen molar-refractivity contribution in [3.63, 3.8) is 0 Å². The molecule has 1 N–H and O–H groups in total. The highest BCUT2D eigenvalue weighted by molar-refractivity contribution is 7.99. The minimum atomic E-state index is -1.22. The van der Waals surface area contributed by atoms with Gasteiger partial charge < -0.3 is 9.52 Å². The van der Waals surface area contributed by atoms with Crippen LogP contribution in [0.15, 0.2) is 38.9 Å². The van der Waals surface area contributed by atoms with Gasteiger partial charge in [0.1, 0.15) is 10.8 Å². The van der Waals surface area contributed by atoms with Crippen LogP contribution in [-0.4, -0.2) is 16.1 Å². The van der Waals surface area contributed by atoms with E-state index in [1.54, 1.807) is 0 Å². The first-order valence-corrected chi connectivity index (χ1v) is 5.20. The average molecular weight is 257 g/mol. The number of carboxylic acids is 1. The minimum absolute atomic E-state index is 0.0855. The summed E-state index contributed by atoms with van der Waals surface area (Å²) in [6, 6.07) is 3.31. The lowest BCUT2D eigenvalue weighted by atomic mass is 10.5. The fraction of sp³-hybridized carbons (Fsp3) is 0. The maximum atomic E-state index is 13.2. The van der Waals surface area contributed by atoms with Crippen LogP contribution < -0.4 is 0 Å². The van der Waals surface area contributed by atoms with Crippen LogP contribution >= 0.6 is 11.8 Å². The van der Waals surface area contributed by atoms with E-state index in [9.17, 15) is 13.6 Å². The minimum Gasteiger partial charge on any atom is -0.475 e. The van der Waals surface area contributed by atoms with Gasteiger partial charge in [-0.05, 0) is 23.9 Å². The Hall–Kier alpha value is -1.89. The fourth-order valence-electron chi connectivity index (χ4n) is 1.06. The molecule has 7 heteroatoms. The molecule has 2 aromatic heterocycles. The summed E-state index contributed by atoms with van der Waals surface area (Å²) in [5.41, 5.74) is 0. The topological polar surface area (TPSA) is 63.3 Å². The van der Waals surface area contributed by atoms with E-state index in [-0.39, 0.29) is 15.9 Å². The lowest BCUT2D eigenvalue weighted by molar-refractivity contribution is 0.0656. The van der Waals surface area contributed by atoms with Gasteiger partial charge in [-0.2, -0.15) is 0 Å². The third-order valence-electron chi connectivity index (χ3n) is 1.76. The Morgan fingerprint density at radius 2 is 2.18 bits per heavy atom. The highest BCUT2D eigenvalue weighted by atomic mass is 32.2. The number of furan rings is 1. The summed E-state index contributed by atoms with van der Waals surface area (Å²) in [5.74, 6) is -3.08. The molecule has 4 nitrogen and oxygen atoms in total.